The lowest BCUT2D eigenvalue weighted by atomic mass is 10.1. The van der Waals surface area contributed by atoms with Gasteiger partial charge in [-0.15, -0.1) is 0 Å². The summed E-state index contributed by atoms with van der Waals surface area (Å²) in [4.78, 5) is 8.00. The van der Waals surface area contributed by atoms with Crippen LogP contribution in [0.2, 0.25) is 0 Å². The van der Waals surface area contributed by atoms with Crippen molar-refractivity contribution in [1.29, 1.82) is 0 Å². The molecule has 0 aliphatic carbocycles. The van der Waals surface area contributed by atoms with Crippen molar-refractivity contribution >= 4 is 32.8 Å². The Labute approximate surface area is 157 Å². The van der Waals surface area contributed by atoms with Crippen LogP contribution in [0, 0.1) is 0 Å². The number of nitrogens with one attached hydrogen (secondary N) is 2. The summed E-state index contributed by atoms with van der Waals surface area (Å²) in [6.45, 7) is 4.73. The van der Waals surface area contributed by atoms with Gasteiger partial charge in [-0.05, 0) is 42.8 Å². The number of aryl methyl sites for hydroxylation is 1. The van der Waals surface area contributed by atoms with Crippen molar-refractivity contribution in [2.45, 2.75) is 26.6 Å². The maximum absolute atomic E-state index is 4.63. The molecule has 5 aromatic rings. The largest absolute Gasteiger partial charge is 0.341 e. The van der Waals surface area contributed by atoms with Crippen LogP contribution in [0.5, 0.6) is 0 Å². The SMILES string of the molecule is CCn1c2ccccc2c2cc(CNCc3nc4ccccc4[nH]3)ccc21. The maximum atomic E-state index is 4.63. The molecule has 0 radical (unpaired) electrons. The van der Waals surface area contributed by atoms with Crippen molar-refractivity contribution in [1.82, 2.24) is 19.9 Å². The van der Waals surface area contributed by atoms with E-state index >= 15 is 0 Å². The normalized spacial score (nSPS) is 11.7. The highest BCUT2D eigenvalue weighted by Gasteiger charge is 2.09. The molecule has 2 heterocycles. The smallest absolute Gasteiger partial charge is 0.121 e. The Kier molecular flexibility index (Phi) is 3.91. The van der Waals surface area contributed by atoms with E-state index in [9.17, 15) is 0 Å². The molecule has 0 atom stereocenters. The Hall–Kier alpha value is -3.11. The summed E-state index contributed by atoms with van der Waals surface area (Å²) < 4.78 is 2.39. The second-order valence-electron chi connectivity index (χ2n) is 6.92. The Morgan fingerprint density at radius 2 is 1.70 bits per heavy atom. The third-order valence-electron chi connectivity index (χ3n) is 5.21. The van der Waals surface area contributed by atoms with E-state index in [0.717, 1.165) is 36.5 Å². The van der Waals surface area contributed by atoms with Gasteiger partial charge in [-0.2, -0.15) is 0 Å². The van der Waals surface area contributed by atoms with Crippen LogP contribution in [-0.4, -0.2) is 14.5 Å². The number of hydrogen-bond acceptors (Lipinski definition) is 2. The summed E-state index contributed by atoms with van der Waals surface area (Å²) >= 11 is 0. The number of nitrogens with zero attached hydrogens (tertiary/aromatic N) is 2. The summed E-state index contributed by atoms with van der Waals surface area (Å²) in [6, 6.07) is 23.6. The Morgan fingerprint density at radius 3 is 2.59 bits per heavy atom. The molecule has 0 amide bonds. The zero-order valence-electron chi connectivity index (χ0n) is 15.4. The second-order valence-corrected chi connectivity index (χ2v) is 6.92. The van der Waals surface area contributed by atoms with Crippen LogP contribution >= 0.6 is 0 Å². The second kappa shape index (κ2) is 6.56. The van der Waals surface area contributed by atoms with Crippen LogP contribution in [-0.2, 0) is 19.6 Å². The summed E-state index contributed by atoms with van der Waals surface area (Å²) in [5, 5.41) is 6.17. The molecule has 5 rings (SSSR count). The van der Waals surface area contributed by atoms with E-state index in [1.807, 2.05) is 18.2 Å². The maximum Gasteiger partial charge on any atom is 0.121 e. The highest BCUT2D eigenvalue weighted by molar-refractivity contribution is 6.08. The van der Waals surface area contributed by atoms with Crippen molar-refractivity contribution < 1.29 is 0 Å². The van der Waals surface area contributed by atoms with Crippen molar-refractivity contribution in [3.8, 4) is 0 Å². The molecule has 0 bridgehead atoms. The first-order valence-corrected chi connectivity index (χ1v) is 9.47. The molecule has 0 fully saturated rings. The predicted molar refractivity (Wildman–Crippen MR) is 112 cm³/mol. The fraction of sp³-hybridized carbons (Fsp3) is 0.174. The minimum atomic E-state index is 0.726. The Morgan fingerprint density at radius 1 is 0.889 bits per heavy atom. The molecule has 3 aromatic carbocycles. The molecule has 2 aromatic heterocycles. The minimum absolute atomic E-state index is 0.726. The third-order valence-corrected chi connectivity index (χ3v) is 5.21. The van der Waals surface area contributed by atoms with Gasteiger partial charge in [0.1, 0.15) is 5.82 Å². The van der Waals surface area contributed by atoms with Crippen LogP contribution in [0.1, 0.15) is 18.3 Å². The topological polar surface area (TPSA) is 45.6 Å². The molecule has 0 aliphatic rings. The van der Waals surface area contributed by atoms with Gasteiger partial charge in [0, 0.05) is 34.9 Å². The molecule has 0 unspecified atom stereocenters. The number of para-hydroxylation sites is 3. The number of fused-ring (bicyclic) bond motifs is 4. The van der Waals surface area contributed by atoms with Gasteiger partial charge in [0.2, 0.25) is 0 Å². The number of hydrogen-bond donors (Lipinski definition) is 2. The fourth-order valence-corrected chi connectivity index (χ4v) is 3.97. The molecule has 2 N–H and O–H groups in total. The van der Waals surface area contributed by atoms with Gasteiger partial charge < -0.3 is 14.9 Å². The molecular weight excluding hydrogens is 332 g/mol. The van der Waals surface area contributed by atoms with Crippen LogP contribution < -0.4 is 5.32 Å². The van der Waals surface area contributed by atoms with Gasteiger partial charge in [-0.25, -0.2) is 4.98 Å². The first-order chi connectivity index (χ1) is 13.3. The molecule has 134 valence electrons. The molecular formula is C23H22N4. The van der Waals surface area contributed by atoms with Crippen molar-refractivity contribution in [2.24, 2.45) is 0 Å². The number of benzene rings is 3. The van der Waals surface area contributed by atoms with E-state index in [1.54, 1.807) is 0 Å². The van der Waals surface area contributed by atoms with E-state index in [4.69, 9.17) is 0 Å². The van der Waals surface area contributed by atoms with Crippen LogP contribution in [0.4, 0.5) is 0 Å². The highest BCUT2D eigenvalue weighted by atomic mass is 15.0. The zero-order chi connectivity index (χ0) is 18.2. The lowest BCUT2D eigenvalue weighted by Gasteiger charge is -2.05. The van der Waals surface area contributed by atoms with Crippen molar-refractivity contribution in [3.05, 3.63) is 78.1 Å². The monoisotopic (exact) mass is 354 g/mol. The molecule has 0 spiro atoms. The first-order valence-electron chi connectivity index (χ1n) is 9.47. The van der Waals surface area contributed by atoms with Gasteiger partial charge >= 0.3 is 0 Å². The average molecular weight is 354 g/mol. The van der Waals surface area contributed by atoms with Gasteiger partial charge in [-0.1, -0.05) is 36.4 Å². The molecule has 4 heteroatoms. The lowest BCUT2D eigenvalue weighted by Crippen LogP contribution is -2.13. The van der Waals surface area contributed by atoms with Gasteiger partial charge in [0.05, 0.1) is 17.6 Å². The van der Waals surface area contributed by atoms with Gasteiger partial charge in [0.25, 0.3) is 0 Å². The van der Waals surface area contributed by atoms with E-state index in [1.165, 1.54) is 27.4 Å². The van der Waals surface area contributed by atoms with E-state index < -0.39 is 0 Å². The quantitative estimate of drug-likeness (QED) is 0.467. The molecule has 0 saturated heterocycles. The summed E-state index contributed by atoms with van der Waals surface area (Å²) in [7, 11) is 0. The minimum Gasteiger partial charge on any atom is -0.341 e. The standard InChI is InChI=1S/C23H22N4/c1-2-27-21-10-6-3-7-17(21)18-13-16(11-12-22(18)27)14-24-15-23-25-19-8-4-5-9-20(19)26-23/h3-13,24H,2,14-15H2,1H3,(H,25,26). The molecule has 0 aliphatic heterocycles. The summed E-state index contributed by atoms with van der Waals surface area (Å²) in [5.41, 5.74) is 6.01. The molecule has 27 heavy (non-hydrogen) atoms. The Balaban J connectivity index is 1.39. The van der Waals surface area contributed by atoms with E-state index in [-0.39, 0.29) is 0 Å². The number of imidazole rings is 1. The van der Waals surface area contributed by atoms with Crippen LogP contribution in [0.15, 0.2) is 66.7 Å². The molecule has 0 saturated carbocycles. The highest BCUT2D eigenvalue weighted by Crippen LogP contribution is 2.29. The number of rotatable bonds is 5. The van der Waals surface area contributed by atoms with Crippen molar-refractivity contribution in [3.63, 3.8) is 0 Å². The lowest BCUT2D eigenvalue weighted by molar-refractivity contribution is 0.671. The first kappa shape index (κ1) is 16.1. The third kappa shape index (κ3) is 2.78. The molecule has 4 nitrogen and oxygen atoms in total. The summed E-state index contributed by atoms with van der Waals surface area (Å²) in [6.07, 6.45) is 0. The predicted octanol–water partition coefficient (Wildman–Crippen LogP) is 4.98. The average Bonchev–Trinajstić information content (AvgIpc) is 3.26. The number of aromatic amines is 1. The Bertz CT molecular complexity index is 1210. The number of aromatic nitrogens is 3. The van der Waals surface area contributed by atoms with E-state index in [2.05, 4.69) is 75.3 Å². The van der Waals surface area contributed by atoms with Crippen LogP contribution in [0.25, 0.3) is 32.8 Å². The zero-order valence-corrected chi connectivity index (χ0v) is 15.4. The fourth-order valence-electron chi connectivity index (χ4n) is 3.97. The van der Waals surface area contributed by atoms with Crippen LogP contribution in [0.3, 0.4) is 0 Å². The van der Waals surface area contributed by atoms with E-state index in [0.29, 0.717) is 0 Å². The number of H-pyrrole nitrogens is 1. The van der Waals surface area contributed by atoms with Gasteiger partial charge in [0.15, 0.2) is 0 Å². The van der Waals surface area contributed by atoms with Gasteiger partial charge in [-0.3, -0.25) is 0 Å². The summed E-state index contributed by atoms with van der Waals surface area (Å²) in [5.74, 6) is 0.972. The van der Waals surface area contributed by atoms with Crippen molar-refractivity contribution in [2.75, 3.05) is 0 Å².